The smallest absolute Gasteiger partial charge is 0.128 e. The Morgan fingerprint density at radius 2 is 2.06 bits per heavy atom. The van der Waals surface area contributed by atoms with Crippen molar-refractivity contribution in [1.82, 2.24) is 0 Å². The number of hydrogen-bond acceptors (Lipinski definition) is 2. The average Bonchev–Trinajstić information content (AvgIpc) is 2.58. The van der Waals surface area contributed by atoms with Crippen LogP contribution in [0.15, 0.2) is 24.3 Å². The lowest BCUT2D eigenvalue weighted by Crippen LogP contribution is -2.49. The van der Waals surface area contributed by atoms with Crippen molar-refractivity contribution in [3.63, 3.8) is 0 Å². The van der Waals surface area contributed by atoms with Crippen molar-refractivity contribution in [2.45, 2.75) is 31.7 Å². The summed E-state index contributed by atoms with van der Waals surface area (Å²) in [7, 11) is 0. The summed E-state index contributed by atoms with van der Waals surface area (Å²) >= 11 is 0. The summed E-state index contributed by atoms with van der Waals surface area (Å²) in [4.78, 5) is 0. The minimum atomic E-state index is -0.743. The van der Waals surface area contributed by atoms with Crippen LogP contribution in [0.2, 0.25) is 0 Å². The van der Waals surface area contributed by atoms with E-state index in [0.29, 0.717) is 5.56 Å². The predicted octanol–water partition coefficient (Wildman–Crippen LogP) is 2.16. The van der Waals surface area contributed by atoms with Gasteiger partial charge in [0, 0.05) is 11.0 Å². The van der Waals surface area contributed by atoms with Gasteiger partial charge in [-0.15, -0.1) is 0 Å². The van der Waals surface area contributed by atoms with Gasteiger partial charge in [0.15, 0.2) is 0 Å². The third kappa shape index (κ3) is 1.46. The first kappa shape index (κ1) is 11.6. The van der Waals surface area contributed by atoms with Gasteiger partial charge in [0.05, 0.1) is 12.1 Å². The molecule has 3 heteroatoms. The summed E-state index contributed by atoms with van der Waals surface area (Å²) in [6, 6.07) is 6.62. The Hall–Kier alpha value is -0.930. The SMILES string of the molecule is C[C@@]1(CO)CCC[C@@]1(N)c1ccccc1F. The number of hydrogen-bond donors (Lipinski definition) is 2. The summed E-state index contributed by atoms with van der Waals surface area (Å²) in [5.74, 6) is -0.272. The quantitative estimate of drug-likeness (QED) is 0.807. The highest BCUT2D eigenvalue weighted by Gasteiger charge is 2.50. The van der Waals surface area contributed by atoms with Crippen LogP contribution in [0, 0.1) is 11.2 Å². The maximum Gasteiger partial charge on any atom is 0.128 e. The zero-order valence-electron chi connectivity index (χ0n) is 9.54. The van der Waals surface area contributed by atoms with Crippen LogP contribution < -0.4 is 5.73 Å². The van der Waals surface area contributed by atoms with Crippen molar-refractivity contribution in [3.8, 4) is 0 Å². The first-order chi connectivity index (χ1) is 7.53. The van der Waals surface area contributed by atoms with E-state index in [0.717, 1.165) is 19.3 Å². The molecule has 2 nitrogen and oxygen atoms in total. The van der Waals surface area contributed by atoms with E-state index in [2.05, 4.69) is 0 Å². The largest absolute Gasteiger partial charge is 0.396 e. The van der Waals surface area contributed by atoms with Gasteiger partial charge in [-0.25, -0.2) is 4.39 Å². The van der Waals surface area contributed by atoms with Gasteiger partial charge >= 0.3 is 0 Å². The molecule has 0 radical (unpaired) electrons. The molecule has 0 heterocycles. The van der Waals surface area contributed by atoms with Crippen molar-refractivity contribution >= 4 is 0 Å². The molecule has 0 unspecified atom stereocenters. The fourth-order valence-corrected chi connectivity index (χ4v) is 2.79. The number of nitrogens with two attached hydrogens (primary N) is 1. The molecule has 1 aromatic carbocycles. The van der Waals surface area contributed by atoms with Gasteiger partial charge in [0.2, 0.25) is 0 Å². The number of aliphatic hydroxyl groups is 1. The van der Waals surface area contributed by atoms with Crippen LogP contribution in [0.3, 0.4) is 0 Å². The lowest BCUT2D eigenvalue weighted by atomic mass is 9.70. The van der Waals surface area contributed by atoms with Gasteiger partial charge in [0.1, 0.15) is 5.82 Å². The molecular weight excluding hydrogens is 205 g/mol. The molecule has 16 heavy (non-hydrogen) atoms. The van der Waals surface area contributed by atoms with Gasteiger partial charge in [-0.1, -0.05) is 31.5 Å². The Balaban J connectivity index is 2.50. The molecule has 0 saturated heterocycles. The first-order valence-corrected chi connectivity index (χ1v) is 5.68. The highest BCUT2D eigenvalue weighted by molar-refractivity contribution is 5.30. The Labute approximate surface area is 95.3 Å². The fraction of sp³-hybridized carbons (Fsp3) is 0.538. The third-order valence-electron chi connectivity index (χ3n) is 4.08. The minimum absolute atomic E-state index is 0.00215. The molecule has 1 saturated carbocycles. The number of benzene rings is 1. The van der Waals surface area contributed by atoms with Crippen molar-refractivity contribution < 1.29 is 9.50 Å². The van der Waals surface area contributed by atoms with E-state index in [-0.39, 0.29) is 12.4 Å². The molecule has 0 aliphatic heterocycles. The van der Waals surface area contributed by atoms with Crippen LogP contribution in [-0.4, -0.2) is 11.7 Å². The van der Waals surface area contributed by atoms with Crippen molar-refractivity contribution in [2.75, 3.05) is 6.61 Å². The van der Waals surface area contributed by atoms with Gasteiger partial charge in [-0.2, -0.15) is 0 Å². The second kappa shape index (κ2) is 3.82. The van der Waals surface area contributed by atoms with Crippen LogP contribution in [0.4, 0.5) is 4.39 Å². The molecule has 1 aromatic rings. The maximum atomic E-state index is 13.8. The van der Waals surface area contributed by atoms with Crippen LogP contribution in [0.25, 0.3) is 0 Å². The van der Waals surface area contributed by atoms with E-state index in [1.165, 1.54) is 6.07 Å². The van der Waals surface area contributed by atoms with Crippen LogP contribution in [-0.2, 0) is 5.54 Å². The zero-order chi connectivity index (χ0) is 11.8. The van der Waals surface area contributed by atoms with E-state index in [9.17, 15) is 9.50 Å². The van der Waals surface area contributed by atoms with E-state index >= 15 is 0 Å². The van der Waals surface area contributed by atoms with Crippen molar-refractivity contribution in [1.29, 1.82) is 0 Å². The monoisotopic (exact) mass is 223 g/mol. The van der Waals surface area contributed by atoms with Crippen molar-refractivity contribution in [2.24, 2.45) is 11.1 Å². The van der Waals surface area contributed by atoms with Gasteiger partial charge in [0.25, 0.3) is 0 Å². The molecule has 2 atom stereocenters. The minimum Gasteiger partial charge on any atom is -0.396 e. The van der Waals surface area contributed by atoms with E-state index in [1.54, 1.807) is 18.2 Å². The summed E-state index contributed by atoms with van der Waals surface area (Å²) in [5.41, 5.74) is 5.74. The average molecular weight is 223 g/mol. The van der Waals surface area contributed by atoms with Gasteiger partial charge in [-0.05, 0) is 18.9 Å². The Morgan fingerprint density at radius 1 is 1.38 bits per heavy atom. The lowest BCUT2D eigenvalue weighted by molar-refractivity contribution is 0.0775. The molecule has 1 aliphatic rings. The van der Waals surface area contributed by atoms with Gasteiger partial charge < -0.3 is 10.8 Å². The molecule has 0 amide bonds. The highest BCUT2D eigenvalue weighted by atomic mass is 19.1. The van der Waals surface area contributed by atoms with Crippen molar-refractivity contribution in [3.05, 3.63) is 35.6 Å². The molecule has 2 rings (SSSR count). The number of rotatable bonds is 2. The fourth-order valence-electron chi connectivity index (χ4n) is 2.79. The predicted molar refractivity (Wildman–Crippen MR) is 61.3 cm³/mol. The van der Waals surface area contributed by atoms with Crippen LogP contribution >= 0.6 is 0 Å². The highest BCUT2D eigenvalue weighted by Crippen LogP contribution is 2.50. The lowest BCUT2D eigenvalue weighted by Gasteiger charge is -2.40. The Morgan fingerprint density at radius 3 is 2.69 bits per heavy atom. The molecule has 1 aliphatic carbocycles. The van der Waals surface area contributed by atoms with E-state index in [1.807, 2.05) is 6.92 Å². The Kier molecular flexibility index (Phi) is 2.76. The topological polar surface area (TPSA) is 46.2 Å². The summed E-state index contributed by atoms with van der Waals surface area (Å²) in [6.07, 6.45) is 2.50. The molecule has 88 valence electrons. The number of halogens is 1. The second-order valence-electron chi connectivity index (χ2n) is 5.02. The molecular formula is C13H18FNO. The zero-order valence-corrected chi connectivity index (χ0v) is 9.54. The maximum absolute atomic E-state index is 13.8. The van der Waals surface area contributed by atoms with Crippen LogP contribution in [0.5, 0.6) is 0 Å². The number of aliphatic hydroxyl groups excluding tert-OH is 1. The normalized spacial score (nSPS) is 34.2. The second-order valence-corrected chi connectivity index (χ2v) is 5.02. The summed E-state index contributed by atoms with van der Waals surface area (Å²) in [5, 5.41) is 9.51. The standard InChI is InChI=1S/C13H18FNO/c1-12(9-16)7-4-8-13(12,15)10-5-2-3-6-11(10)14/h2-3,5-6,16H,4,7-9,15H2,1H3/t12-,13+/m0/s1. The molecule has 0 spiro atoms. The van der Waals surface area contributed by atoms with E-state index in [4.69, 9.17) is 5.73 Å². The molecule has 1 fully saturated rings. The molecule has 0 bridgehead atoms. The van der Waals surface area contributed by atoms with E-state index < -0.39 is 11.0 Å². The molecule has 0 aromatic heterocycles. The summed E-state index contributed by atoms with van der Waals surface area (Å²) in [6.45, 7) is 1.93. The first-order valence-electron chi connectivity index (χ1n) is 5.68. The van der Waals surface area contributed by atoms with Gasteiger partial charge in [-0.3, -0.25) is 0 Å². The van der Waals surface area contributed by atoms with Crippen LogP contribution in [0.1, 0.15) is 31.7 Å². The molecule has 3 N–H and O–H groups in total. The Bertz CT molecular complexity index is 395. The summed E-state index contributed by atoms with van der Waals surface area (Å²) < 4.78 is 13.8. The third-order valence-corrected chi connectivity index (χ3v) is 4.08.